The molecule has 0 spiro atoms. The summed E-state index contributed by atoms with van der Waals surface area (Å²) in [6.45, 7) is 0. The lowest BCUT2D eigenvalue weighted by molar-refractivity contribution is -0.149. The van der Waals surface area contributed by atoms with Crippen molar-refractivity contribution in [3.8, 4) is 0 Å². The number of aromatic nitrogens is 1. The van der Waals surface area contributed by atoms with Crippen molar-refractivity contribution in [1.29, 1.82) is 0 Å². The number of hydrogen-bond acceptors (Lipinski definition) is 7. The lowest BCUT2D eigenvalue weighted by Crippen LogP contribution is -2.62. The van der Waals surface area contributed by atoms with Crippen LogP contribution < -0.4 is 0 Å². The zero-order valence-electron chi connectivity index (χ0n) is 19.3. The van der Waals surface area contributed by atoms with Crippen molar-refractivity contribution in [2.75, 3.05) is 12.0 Å². The Kier molecular flexibility index (Phi) is 6.51. The average molecular weight is 519 g/mol. The third-order valence-corrected chi connectivity index (χ3v) is 8.85. The van der Waals surface area contributed by atoms with E-state index in [-0.39, 0.29) is 21.9 Å². The molecular formula is C27H22N2O5S2. The summed E-state index contributed by atoms with van der Waals surface area (Å²) >= 11 is 1.12. The minimum Gasteiger partial charge on any atom is -0.448 e. The molecule has 36 heavy (non-hydrogen) atoms. The lowest BCUT2D eigenvalue weighted by atomic mass is 10.0. The second kappa shape index (κ2) is 9.75. The molecule has 1 aromatic heterocycles. The van der Waals surface area contributed by atoms with Crippen molar-refractivity contribution in [3.05, 3.63) is 118 Å². The molecule has 9 heteroatoms. The zero-order valence-corrected chi connectivity index (χ0v) is 20.9. The fourth-order valence-corrected chi connectivity index (χ4v) is 7.41. The minimum atomic E-state index is -3.76. The fourth-order valence-electron chi connectivity index (χ4n) is 4.33. The van der Waals surface area contributed by atoms with E-state index in [4.69, 9.17) is 4.74 Å². The van der Waals surface area contributed by atoms with Gasteiger partial charge in [0.05, 0.1) is 17.0 Å². The van der Waals surface area contributed by atoms with Crippen LogP contribution in [0.1, 0.15) is 22.9 Å². The number of sulfone groups is 1. The van der Waals surface area contributed by atoms with Crippen molar-refractivity contribution in [1.82, 2.24) is 9.88 Å². The summed E-state index contributed by atoms with van der Waals surface area (Å²) in [6.07, 6.45) is 3.97. The van der Waals surface area contributed by atoms with Crippen LogP contribution >= 0.6 is 11.8 Å². The number of amides is 1. The molecule has 0 aliphatic carbocycles. The number of carbonyl (C=O) groups is 2. The summed E-state index contributed by atoms with van der Waals surface area (Å²) in [5.41, 5.74) is 2.04. The number of nitrogens with zero attached hydrogens (tertiary/aromatic N) is 2. The third kappa shape index (κ3) is 4.36. The summed E-state index contributed by atoms with van der Waals surface area (Å²) in [5, 5.41) is -1.25. The van der Waals surface area contributed by atoms with Crippen molar-refractivity contribution < 1.29 is 22.7 Å². The van der Waals surface area contributed by atoms with Crippen LogP contribution in [-0.4, -0.2) is 47.6 Å². The number of rotatable bonds is 6. The van der Waals surface area contributed by atoms with E-state index >= 15 is 0 Å². The highest BCUT2D eigenvalue weighted by Gasteiger charge is 2.57. The molecule has 3 aromatic rings. The standard InChI is InChI=1S/C27H22N2O5S2/c1-35-22-17-36(32,33)26-21(16-20-14-8-9-15-28-20)25(30)29(26)23(22)27(31)34-24(18-10-4-2-5-11-18)19-12-6-3-7-13-19/h2-16,24,26H,17H2,1H3/b21-16+. The maximum atomic E-state index is 13.6. The maximum absolute atomic E-state index is 13.6. The number of β-lactam (4-membered cyclic amide) rings is 1. The van der Waals surface area contributed by atoms with Crippen LogP contribution in [-0.2, 0) is 24.2 Å². The van der Waals surface area contributed by atoms with E-state index < -0.39 is 33.2 Å². The molecule has 182 valence electrons. The number of esters is 1. The Hall–Kier alpha value is -3.69. The molecule has 3 heterocycles. The largest absolute Gasteiger partial charge is 0.448 e. The highest BCUT2D eigenvalue weighted by Crippen LogP contribution is 2.44. The third-order valence-electron chi connectivity index (χ3n) is 6.00. The molecule has 5 rings (SSSR count). The highest BCUT2D eigenvalue weighted by atomic mass is 32.2. The molecule has 1 amide bonds. The molecule has 2 aliphatic rings. The monoisotopic (exact) mass is 518 g/mol. The van der Waals surface area contributed by atoms with Gasteiger partial charge in [-0.3, -0.25) is 14.7 Å². The van der Waals surface area contributed by atoms with Crippen LogP contribution in [0.15, 0.2) is 101 Å². The Morgan fingerprint density at radius 1 is 1.03 bits per heavy atom. The smallest absolute Gasteiger partial charge is 0.356 e. The molecular weight excluding hydrogens is 496 g/mol. The van der Waals surface area contributed by atoms with Gasteiger partial charge < -0.3 is 4.74 Å². The summed E-state index contributed by atoms with van der Waals surface area (Å²) in [6, 6.07) is 23.7. The molecule has 0 saturated carbocycles. The van der Waals surface area contributed by atoms with Crippen molar-refractivity contribution in [2.45, 2.75) is 11.5 Å². The van der Waals surface area contributed by atoms with Gasteiger partial charge in [0.2, 0.25) is 0 Å². The van der Waals surface area contributed by atoms with E-state index in [1.54, 1.807) is 30.7 Å². The van der Waals surface area contributed by atoms with Crippen molar-refractivity contribution in [2.24, 2.45) is 0 Å². The number of fused-ring (bicyclic) bond motifs is 1. The van der Waals surface area contributed by atoms with Gasteiger partial charge >= 0.3 is 5.97 Å². The van der Waals surface area contributed by atoms with Gasteiger partial charge in [-0.1, -0.05) is 66.7 Å². The normalized spacial score (nSPS) is 19.7. The van der Waals surface area contributed by atoms with Crippen molar-refractivity contribution in [3.63, 3.8) is 0 Å². The van der Waals surface area contributed by atoms with Crippen molar-refractivity contribution >= 4 is 39.6 Å². The number of ether oxygens (including phenoxy) is 1. The van der Waals surface area contributed by atoms with Gasteiger partial charge in [0, 0.05) is 11.1 Å². The first-order valence-electron chi connectivity index (χ1n) is 11.2. The second-order valence-corrected chi connectivity index (χ2v) is 11.2. The fraction of sp³-hybridized carbons (Fsp3) is 0.148. The van der Waals surface area contributed by atoms with E-state index in [1.165, 1.54) is 6.08 Å². The van der Waals surface area contributed by atoms with E-state index in [9.17, 15) is 18.0 Å². The highest BCUT2D eigenvalue weighted by molar-refractivity contribution is 8.04. The van der Waals surface area contributed by atoms with Gasteiger partial charge in [0.1, 0.15) is 5.70 Å². The van der Waals surface area contributed by atoms with Crippen LogP contribution in [0.25, 0.3) is 6.08 Å². The van der Waals surface area contributed by atoms with E-state index in [0.717, 1.165) is 27.8 Å². The van der Waals surface area contributed by atoms with Gasteiger partial charge in [-0.25, -0.2) is 13.2 Å². The predicted molar refractivity (Wildman–Crippen MR) is 138 cm³/mol. The van der Waals surface area contributed by atoms with Crippen LogP contribution in [0.3, 0.4) is 0 Å². The Morgan fingerprint density at radius 3 is 2.19 bits per heavy atom. The summed E-state index contributed by atoms with van der Waals surface area (Å²) in [7, 11) is -3.76. The molecule has 7 nitrogen and oxygen atoms in total. The number of thioether (sulfide) groups is 1. The number of carbonyl (C=O) groups excluding carboxylic acids is 2. The Bertz CT molecular complexity index is 1430. The summed E-state index contributed by atoms with van der Waals surface area (Å²) < 4.78 is 32.3. The number of pyridine rings is 1. The summed E-state index contributed by atoms with van der Waals surface area (Å²) in [5.74, 6) is -1.65. The lowest BCUT2D eigenvalue weighted by Gasteiger charge is -2.45. The molecule has 2 aromatic carbocycles. The van der Waals surface area contributed by atoms with Crippen LogP contribution in [0.4, 0.5) is 0 Å². The Balaban J connectivity index is 1.53. The second-order valence-electron chi connectivity index (χ2n) is 8.27. The number of hydrogen-bond donors (Lipinski definition) is 0. The number of benzene rings is 2. The van der Waals surface area contributed by atoms with E-state index in [0.29, 0.717) is 5.69 Å². The Labute approximate surface area is 213 Å². The first-order chi connectivity index (χ1) is 17.4. The SMILES string of the molecule is CSC1=C(C(=O)OC(c2ccccc2)c2ccccc2)N2C(=O)/C(=C\c3ccccn3)C2S(=O)(=O)C1. The summed E-state index contributed by atoms with van der Waals surface area (Å²) in [4.78, 5) is 32.3. The molecule has 1 fully saturated rings. The average Bonchev–Trinajstić information content (AvgIpc) is 2.91. The predicted octanol–water partition coefficient (Wildman–Crippen LogP) is 3.97. The first kappa shape index (κ1) is 24.0. The van der Waals surface area contributed by atoms with E-state index in [1.807, 2.05) is 60.7 Å². The van der Waals surface area contributed by atoms with Gasteiger partial charge in [-0.05, 0) is 35.6 Å². The van der Waals surface area contributed by atoms with Crippen LogP contribution in [0.2, 0.25) is 0 Å². The minimum absolute atomic E-state index is 0.0256. The topological polar surface area (TPSA) is 93.6 Å². The molecule has 1 unspecified atom stereocenters. The van der Waals surface area contributed by atoms with Gasteiger partial charge in [0.25, 0.3) is 5.91 Å². The molecule has 1 atom stereocenters. The van der Waals surface area contributed by atoms with Crippen LogP contribution in [0.5, 0.6) is 0 Å². The zero-order chi connectivity index (χ0) is 25.3. The van der Waals surface area contributed by atoms with E-state index in [2.05, 4.69) is 4.98 Å². The van der Waals surface area contributed by atoms with Gasteiger partial charge in [-0.2, -0.15) is 0 Å². The molecule has 2 aliphatic heterocycles. The maximum Gasteiger partial charge on any atom is 0.356 e. The molecule has 0 bridgehead atoms. The molecule has 1 saturated heterocycles. The first-order valence-corrected chi connectivity index (χ1v) is 14.1. The quantitative estimate of drug-likeness (QED) is 0.277. The Morgan fingerprint density at radius 2 is 1.64 bits per heavy atom. The molecule has 0 N–H and O–H groups in total. The van der Waals surface area contributed by atoms with Crippen LogP contribution in [0, 0.1) is 0 Å². The molecule has 0 radical (unpaired) electrons. The van der Waals surface area contributed by atoms with Gasteiger partial charge in [-0.15, -0.1) is 11.8 Å². The van der Waals surface area contributed by atoms with Gasteiger partial charge in [0.15, 0.2) is 21.3 Å².